The molecular formula is C13H28O2. The van der Waals surface area contributed by atoms with E-state index in [0.717, 1.165) is 12.8 Å². The molecular weight excluding hydrogens is 188 g/mol. The van der Waals surface area contributed by atoms with Crippen LogP contribution in [0.1, 0.15) is 78.1 Å². The highest BCUT2D eigenvalue weighted by Gasteiger charge is 2.07. The second kappa shape index (κ2) is 12.0. The largest absolute Gasteiger partial charge is 0.252 e. The van der Waals surface area contributed by atoms with Gasteiger partial charge in [0.15, 0.2) is 0 Å². The van der Waals surface area contributed by atoms with Crippen LogP contribution in [0.3, 0.4) is 0 Å². The van der Waals surface area contributed by atoms with Gasteiger partial charge in [0.05, 0.1) is 6.10 Å². The zero-order valence-electron chi connectivity index (χ0n) is 10.5. The second-order valence-corrected chi connectivity index (χ2v) is 4.43. The number of hydrogen-bond acceptors (Lipinski definition) is 2. The van der Waals surface area contributed by atoms with Crippen LogP contribution in [0.5, 0.6) is 0 Å². The molecule has 0 aliphatic rings. The van der Waals surface area contributed by atoms with E-state index in [9.17, 15) is 0 Å². The first-order valence-corrected chi connectivity index (χ1v) is 6.65. The highest BCUT2D eigenvalue weighted by molar-refractivity contribution is 4.57. The topological polar surface area (TPSA) is 29.5 Å². The van der Waals surface area contributed by atoms with Crippen molar-refractivity contribution in [2.75, 3.05) is 0 Å². The minimum Gasteiger partial charge on any atom is -0.252 e. The van der Waals surface area contributed by atoms with Gasteiger partial charge in [-0.15, -0.1) is 0 Å². The highest BCUT2D eigenvalue weighted by Crippen LogP contribution is 2.14. The molecule has 0 aliphatic heterocycles. The van der Waals surface area contributed by atoms with Gasteiger partial charge in [0.2, 0.25) is 0 Å². The van der Waals surface area contributed by atoms with E-state index in [1.54, 1.807) is 0 Å². The molecule has 0 unspecified atom stereocenters. The van der Waals surface area contributed by atoms with Crippen LogP contribution in [0.25, 0.3) is 0 Å². The van der Waals surface area contributed by atoms with Crippen LogP contribution in [-0.2, 0) is 4.89 Å². The van der Waals surface area contributed by atoms with E-state index in [1.807, 2.05) is 0 Å². The first-order chi connectivity index (χ1) is 7.35. The summed E-state index contributed by atoms with van der Waals surface area (Å²) >= 11 is 0. The van der Waals surface area contributed by atoms with Crippen molar-refractivity contribution in [1.82, 2.24) is 0 Å². The maximum absolute atomic E-state index is 8.74. The normalized spacial score (nSPS) is 11.2. The summed E-state index contributed by atoms with van der Waals surface area (Å²) in [7, 11) is 0. The summed E-state index contributed by atoms with van der Waals surface area (Å²) in [6.07, 6.45) is 12.2. The number of hydrogen-bond donors (Lipinski definition) is 1. The van der Waals surface area contributed by atoms with Gasteiger partial charge in [-0.3, -0.25) is 5.26 Å². The first kappa shape index (κ1) is 14.9. The van der Waals surface area contributed by atoms with Crippen LogP contribution in [0.4, 0.5) is 0 Å². The maximum atomic E-state index is 8.74. The van der Waals surface area contributed by atoms with Crippen molar-refractivity contribution in [1.29, 1.82) is 0 Å². The summed E-state index contributed by atoms with van der Waals surface area (Å²) in [5, 5.41) is 8.74. The van der Waals surface area contributed by atoms with Crippen molar-refractivity contribution in [2.45, 2.75) is 84.2 Å². The summed E-state index contributed by atoms with van der Waals surface area (Å²) in [6.45, 7) is 4.43. The zero-order valence-corrected chi connectivity index (χ0v) is 10.5. The average Bonchev–Trinajstić information content (AvgIpc) is 2.27. The molecule has 0 rings (SSSR count). The fourth-order valence-corrected chi connectivity index (χ4v) is 1.85. The molecule has 0 spiro atoms. The van der Waals surface area contributed by atoms with E-state index in [-0.39, 0.29) is 6.10 Å². The molecule has 2 heteroatoms. The predicted octanol–water partition coefficient (Wildman–Crippen LogP) is 4.79. The minimum absolute atomic E-state index is 0.0821. The maximum Gasteiger partial charge on any atom is 0.0927 e. The van der Waals surface area contributed by atoms with Crippen LogP contribution < -0.4 is 0 Å². The number of rotatable bonds is 11. The van der Waals surface area contributed by atoms with Crippen molar-refractivity contribution in [3.05, 3.63) is 0 Å². The lowest BCUT2D eigenvalue weighted by Gasteiger charge is -2.12. The quantitative estimate of drug-likeness (QED) is 0.306. The highest BCUT2D eigenvalue weighted by atomic mass is 17.1. The Bertz CT molecular complexity index is 103. The summed E-state index contributed by atoms with van der Waals surface area (Å²) < 4.78 is 0. The Hall–Kier alpha value is -0.0800. The molecule has 92 valence electrons. The summed E-state index contributed by atoms with van der Waals surface area (Å²) in [4.78, 5) is 4.51. The third-order valence-corrected chi connectivity index (χ3v) is 2.91. The lowest BCUT2D eigenvalue weighted by molar-refractivity contribution is -0.281. The summed E-state index contributed by atoms with van der Waals surface area (Å²) in [5.74, 6) is 0. The predicted molar refractivity (Wildman–Crippen MR) is 65.0 cm³/mol. The van der Waals surface area contributed by atoms with E-state index in [4.69, 9.17) is 5.26 Å². The lowest BCUT2D eigenvalue weighted by atomic mass is 10.0. The third-order valence-electron chi connectivity index (χ3n) is 2.91. The molecule has 0 saturated carbocycles. The van der Waals surface area contributed by atoms with Gasteiger partial charge in [0.25, 0.3) is 0 Å². The Labute approximate surface area is 95.0 Å². The zero-order chi connectivity index (χ0) is 11.4. The Kier molecular flexibility index (Phi) is 11.9. The fourth-order valence-electron chi connectivity index (χ4n) is 1.85. The minimum atomic E-state index is 0.0821. The molecule has 0 fully saturated rings. The molecule has 0 radical (unpaired) electrons. The van der Waals surface area contributed by atoms with E-state index >= 15 is 0 Å². The van der Waals surface area contributed by atoms with Crippen LogP contribution in [0.15, 0.2) is 0 Å². The van der Waals surface area contributed by atoms with Crippen molar-refractivity contribution in [3.63, 3.8) is 0 Å². The Balaban J connectivity index is 3.29. The van der Waals surface area contributed by atoms with Crippen LogP contribution >= 0.6 is 0 Å². The first-order valence-electron chi connectivity index (χ1n) is 6.65. The van der Waals surface area contributed by atoms with Gasteiger partial charge in [-0.2, -0.15) is 0 Å². The van der Waals surface area contributed by atoms with Gasteiger partial charge in [-0.25, -0.2) is 4.89 Å². The van der Waals surface area contributed by atoms with Crippen molar-refractivity contribution in [3.8, 4) is 0 Å². The monoisotopic (exact) mass is 216 g/mol. The molecule has 15 heavy (non-hydrogen) atoms. The molecule has 2 nitrogen and oxygen atoms in total. The third kappa shape index (κ3) is 10.2. The standard InChI is InChI=1S/C13H28O2/c1-3-5-7-9-11-13(15-14)12-10-8-6-4-2/h13-14H,3-12H2,1-2H3. The molecule has 0 heterocycles. The molecule has 0 amide bonds. The van der Waals surface area contributed by atoms with Gasteiger partial charge in [-0.1, -0.05) is 65.2 Å². The second-order valence-electron chi connectivity index (χ2n) is 4.43. The van der Waals surface area contributed by atoms with Gasteiger partial charge >= 0.3 is 0 Å². The molecule has 0 aromatic carbocycles. The number of unbranched alkanes of at least 4 members (excludes halogenated alkanes) is 6. The van der Waals surface area contributed by atoms with Crippen molar-refractivity contribution < 1.29 is 10.1 Å². The lowest BCUT2D eigenvalue weighted by Crippen LogP contribution is -2.10. The van der Waals surface area contributed by atoms with E-state index in [0.29, 0.717) is 0 Å². The average molecular weight is 216 g/mol. The van der Waals surface area contributed by atoms with Gasteiger partial charge in [-0.05, 0) is 12.8 Å². The molecule has 0 aliphatic carbocycles. The Morgan fingerprint density at radius 2 is 1.27 bits per heavy atom. The SMILES string of the molecule is CCCCCCC(CCCCCC)OO. The van der Waals surface area contributed by atoms with Crippen LogP contribution in [0.2, 0.25) is 0 Å². The summed E-state index contributed by atoms with van der Waals surface area (Å²) in [6, 6.07) is 0. The van der Waals surface area contributed by atoms with E-state index < -0.39 is 0 Å². The van der Waals surface area contributed by atoms with Gasteiger partial charge in [0, 0.05) is 0 Å². The molecule has 1 N–H and O–H groups in total. The van der Waals surface area contributed by atoms with Crippen LogP contribution in [0, 0.1) is 0 Å². The van der Waals surface area contributed by atoms with Gasteiger partial charge in [0.1, 0.15) is 0 Å². The summed E-state index contributed by atoms with van der Waals surface area (Å²) in [5.41, 5.74) is 0. The molecule has 0 atom stereocenters. The van der Waals surface area contributed by atoms with Crippen molar-refractivity contribution >= 4 is 0 Å². The smallest absolute Gasteiger partial charge is 0.0927 e. The Morgan fingerprint density at radius 3 is 1.60 bits per heavy atom. The van der Waals surface area contributed by atoms with E-state index in [1.165, 1.54) is 51.4 Å². The Morgan fingerprint density at radius 1 is 0.800 bits per heavy atom. The fraction of sp³-hybridized carbons (Fsp3) is 1.00. The molecule has 0 aromatic heterocycles. The molecule has 0 aromatic rings. The molecule has 0 bridgehead atoms. The van der Waals surface area contributed by atoms with Gasteiger partial charge < -0.3 is 0 Å². The van der Waals surface area contributed by atoms with E-state index in [2.05, 4.69) is 18.7 Å². The van der Waals surface area contributed by atoms with Crippen molar-refractivity contribution in [2.24, 2.45) is 0 Å². The molecule has 0 saturated heterocycles. The van der Waals surface area contributed by atoms with Crippen LogP contribution in [-0.4, -0.2) is 11.4 Å².